The van der Waals surface area contributed by atoms with Crippen molar-refractivity contribution in [3.63, 3.8) is 0 Å². The Hall–Kier alpha value is -1.49. The summed E-state index contributed by atoms with van der Waals surface area (Å²) in [5.74, 6) is -1.92. The summed E-state index contributed by atoms with van der Waals surface area (Å²) in [5, 5.41) is 3.23. The van der Waals surface area contributed by atoms with Crippen molar-refractivity contribution in [2.45, 2.75) is 25.3 Å². The Kier molecular flexibility index (Phi) is 3.46. The van der Waals surface area contributed by atoms with Crippen molar-refractivity contribution < 1.29 is 13.6 Å². The van der Waals surface area contributed by atoms with Crippen molar-refractivity contribution >= 4 is 5.91 Å². The molecule has 1 aliphatic carbocycles. The number of rotatable bonds is 2. The smallest absolute Gasteiger partial charge is 0.226 e. The number of carbonyl (C=O) groups is 1. The predicted octanol–water partition coefficient (Wildman–Crippen LogP) is 1.89. The summed E-state index contributed by atoms with van der Waals surface area (Å²) in [6.45, 7) is 4.28. The monoisotopic (exact) mass is 280 g/mol. The third-order valence-electron chi connectivity index (χ3n) is 4.27. The summed E-state index contributed by atoms with van der Waals surface area (Å²) >= 11 is 0. The van der Waals surface area contributed by atoms with E-state index in [4.69, 9.17) is 0 Å². The van der Waals surface area contributed by atoms with Crippen molar-refractivity contribution in [2.24, 2.45) is 5.92 Å². The molecule has 1 aromatic carbocycles. The molecule has 2 unspecified atom stereocenters. The zero-order chi connectivity index (χ0) is 14.3. The van der Waals surface area contributed by atoms with Gasteiger partial charge in [-0.15, -0.1) is 0 Å². The van der Waals surface area contributed by atoms with Gasteiger partial charge in [-0.1, -0.05) is 12.1 Å². The van der Waals surface area contributed by atoms with E-state index in [-0.39, 0.29) is 23.8 Å². The maximum absolute atomic E-state index is 13.7. The number of piperazine rings is 1. The van der Waals surface area contributed by atoms with Crippen LogP contribution in [0, 0.1) is 17.6 Å². The molecule has 0 aromatic heterocycles. The van der Waals surface area contributed by atoms with Gasteiger partial charge in [0.2, 0.25) is 5.91 Å². The second-order valence-corrected chi connectivity index (χ2v) is 5.68. The summed E-state index contributed by atoms with van der Waals surface area (Å²) < 4.78 is 27.0. The normalized spacial score (nSPS) is 29.4. The van der Waals surface area contributed by atoms with E-state index >= 15 is 0 Å². The topological polar surface area (TPSA) is 32.3 Å². The summed E-state index contributed by atoms with van der Waals surface area (Å²) in [6.07, 6.45) is 0.621. The van der Waals surface area contributed by atoms with Crippen LogP contribution in [0.15, 0.2) is 18.2 Å². The van der Waals surface area contributed by atoms with Gasteiger partial charge in [-0.25, -0.2) is 8.78 Å². The minimum Gasteiger partial charge on any atom is -0.337 e. The molecule has 0 bridgehead atoms. The van der Waals surface area contributed by atoms with Crippen molar-refractivity contribution in [1.82, 2.24) is 10.2 Å². The highest BCUT2D eigenvalue weighted by Crippen LogP contribution is 2.49. The molecule has 0 radical (unpaired) electrons. The minimum absolute atomic E-state index is 0.0765. The van der Waals surface area contributed by atoms with E-state index in [1.54, 1.807) is 6.07 Å². The zero-order valence-corrected chi connectivity index (χ0v) is 11.4. The van der Waals surface area contributed by atoms with Crippen LogP contribution in [0.1, 0.15) is 24.8 Å². The quantitative estimate of drug-likeness (QED) is 0.897. The molecule has 2 fully saturated rings. The van der Waals surface area contributed by atoms with Crippen LogP contribution >= 0.6 is 0 Å². The van der Waals surface area contributed by atoms with Gasteiger partial charge in [0.25, 0.3) is 0 Å². The molecule has 1 saturated carbocycles. The SMILES string of the molecule is C[C@@H]1CNCCN1C(=O)C1CC1c1cccc(F)c1F. The van der Waals surface area contributed by atoms with Crippen LogP contribution < -0.4 is 5.32 Å². The van der Waals surface area contributed by atoms with E-state index in [2.05, 4.69) is 5.32 Å². The molecular formula is C15H18F2N2O. The highest BCUT2D eigenvalue weighted by Gasteiger charge is 2.48. The second kappa shape index (κ2) is 5.13. The lowest BCUT2D eigenvalue weighted by atomic mass is 10.1. The van der Waals surface area contributed by atoms with Gasteiger partial charge in [0.1, 0.15) is 0 Å². The Labute approximate surface area is 117 Å². The maximum atomic E-state index is 13.7. The molecule has 108 valence electrons. The van der Waals surface area contributed by atoms with E-state index in [1.807, 2.05) is 11.8 Å². The molecular weight excluding hydrogens is 262 g/mol. The molecule has 2 aliphatic rings. The number of carbonyl (C=O) groups excluding carboxylic acids is 1. The average molecular weight is 280 g/mol. The largest absolute Gasteiger partial charge is 0.337 e. The summed E-state index contributed by atoms with van der Waals surface area (Å²) in [5.41, 5.74) is 0.339. The molecule has 3 rings (SSSR count). The fourth-order valence-electron chi connectivity index (χ4n) is 3.00. The highest BCUT2D eigenvalue weighted by molar-refractivity contribution is 5.83. The van der Waals surface area contributed by atoms with Gasteiger partial charge < -0.3 is 10.2 Å². The minimum atomic E-state index is -0.837. The molecule has 20 heavy (non-hydrogen) atoms. The lowest BCUT2D eigenvalue weighted by Crippen LogP contribution is -2.52. The Bertz CT molecular complexity index is 535. The van der Waals surface area contributed by atoms with Crippen LogP contribution in [-0.4, -0.2) is 36.5 Å². The molecule has 5 heteroatoms. The Morgan fingerprint density at radius 3 is 2.95 bits per heavy atom. The number of benzene rings is 1. The van der Waals surface area contributed by atoms with Gasteiger partial charge >= 0.3 is 0 Å². The summed E-state index contributed by atoms with van der Waals surface area (Å²) in [4.78, 5) is 14.3. The van der Waals surface area contributed by atoms with Crippen LogP contribution in [0.3, 0.4) is 0 Å². The van der Waals surface area contributed by atoms with Crippen molar-refractivity contribution in [3.05, 3.63) is 35.4 Å². The lowest BCUT2D eigenvalue weighted by Gasteiger charge is -2.34. The van der Waals surface area contributed by atoms with Gasteiger partial charge in [0.15, 0.2) is 11.6 Å². The first-order valence-corrected chi connectivity index (χ1v) is 7.04. The first-order chi connectivity index (χ1) is 9.59. The maximum Gasteiger partial charge on any atom is 0.226 e. The van der Waals surface area contributed by atoms with Crippen LogP contribution in [-0.2, 0) is 4.79 Å². The van der Waals surface area contributed by atoms with Crippen LogP contribution in [0.25, 0.3) is 0 Å². The van der Waals surface area contributed by atoms with Crippen molar-refractivity contribution in [1.29, 1.82) is 0 Å². The fraction of sp³-hybridized carbons (Fsp3) is 0.533. The molecule has 1 N–H and O–H groups in total. The number of halogens is 2. The lowest BCUT2D eigenvalue weighted by molar-refractivity contribution is -0.135. The third kappa shape index (κ3) is 2.30. The van der Waals surface area contributed by atoms with E-state index in [0.29, 0.717) is 18.5 Å². The van der Waals surface area contributed by atoms with E-state index in [9.17, 15) is 13.6 Å². The zero-order valence-electron chi connectivity index (χ0n) is 11.4. The van der Waals surface area contributed by atoms with Crippen molar-refractivity contribution in [3.8, 4) is 0 Å². The molecule has 1 saturated heterocycles. The molecule has 1 amide bonds. The van der Waals surface area contributed by atoms with Gasteiger partial charge in [0, 0.05) is 31.6 Å². The number of hydrogen-bond acceptors (Lipinski definition) is 2. The van der Waals surface area contributed by atoms with Crippen LogP contribution in [0.2, 0.25) is 0 Å². The first kappa shape index (κ1) is 13.5. The molecule has 1 heterocycles. The number of nitrogens with zero attached hydrogens (tertiary/aromatic N) is 1. The van der Waals surface area contributed by atoms with Crippen LogP contribution in [0.4, 0.5) is 8.78 Å². The summed E-state index contributed by atoms with van der Waals surface area (Å²) in [7, 11) is 0. The second-order valence-electron chi connectivity index (χ2n) is 5.68. The number of hydrogen-bond donors (Lipinski definition) is 1. The van der Waals surface area contributed by atoms with Gasteiger partial charge in [-0.3, -0.25) is 4.79 Å². The summed E-state index contributed by atoms with van der Waals surface area (Å²) in [6, 6.07) is 4.35. The van der Waals surface area contributed by atoms with Crippen molar-refractivity contribution in [2.75, 3.05) is 19.6 Å². The number of amides is 1. The fourth-order valence-corrected chi connectivity index (χ4v) is 3.00. The molecule has 0 spiro atoms. The predicted molar refractivity (Wildman–Crippen MR) is 71.3 cm³/mol. The van der Waals surface area contributed by atoms with Gasteiger partial charge in [-0.2, -0.15) is 0 Å². The molecule has 3 nitrogen and oxygen atoms in total. The first-order valence-electron chi connectivity index (χ1n) is 7.04. The van der Waals surface area contributed by atoms with E-state index < -0.39 is 11.6 Å². The highest BCUT2D eigenvalue weighted by atomic mass is 19.2. The molecule has 3 atom stereocenters. The standard InChI is InChI=1S/C15H18F2N2O/c1-9-8-18-5-6-19(9)15(20)12-7-11(12)10-3-2-4-13(16)14(10)17/h2-4,9,11-12,18H,5-8H2,1H3/t9-,11?,12?/m1/s1. The average Bonchev–Trinajstić information content (AvgIpc) is 3.22. The Morgan fingerprint density at radius 2 is 2.20 bits per heavy atom. The Balaban J connectivity index is 1.72. The van der Waals surface area contributed by atoms with Gasteiger partial charge in [0.05, 0.1) is 0 Å². The Morgan fingerprint density at radius 1 is 1.40 bits per heavy atom. The third-order valence-corrected chi connectivity index (χ3v) is 4.27. The molecule has 1 aliphatic heterocycles. The van der Waals surface area contributed by atoms with Crippen LogP contribution in [0.5, 0.6) is 0 Å². The van der Waals surface area contributed by atoms with Gasteiger partial charge in [-0.05, 0) is 30.9 Å². The van der Waals surface area contributed by atoms with E-state index in [0.717, 1.165) is 19.2 Å². The molecule has 1 aromatic rings. The number of nitrogens with one attached hydrogen (secondary N) is 1. The van der Waals surface area contributed by atoms with E-state index in [1.165, 1.54) is 6.07 Å².